The summed E-state index contributed by atoms with van der Waals surface area (Å²) in [7, 11) is 1.57. The van der Waals surface area contributed by atoms with Crippen molar-refractivity contribution in [1.82, 2.24) is 9.55 Å². The van der Waals surface area contributed by atoms with Gasteiger partial charge in [-0.2, -0.15) is 0 Å². The van der Waals surface area contributed by atoms with Crippen molar-refractivity contribution in [2.45, 2.75) is 13.0 Å². The molecule has 2 heterocycles. The fourth-order valence-electron chi connectivity index (χ4n) is 3.29. The number of rotatable bonds is 7. The Morgan fingerprint density at radius 1 is 1.29 bits per heavy atom. The van der Waals surface area contributed by atoms with Crippen LogP contribution in [0.4, 0.5) is 15.8 Å². The highest BCUT2D eigenvalue weighted by atomic mass is 79.9. The molecule has 0 amide bonds. The van der Waals surface area contributed by atoms with E-state index in [9.17, 15) is 4.39 Å². The Balaban J connectivity index is 1.54. The molecule has 0 aliphatic carbocycles. The maximum Gasteiger partial charge on any atom is 0.163 e. The van der Waals surface area contributed by atoms with Gasteiger partial charge in [-0.1, -0.05) is 15.9 Å². The summed E-state index contributed by atoms with van der Waals surface area (Å²) in [6.45, 7) is 1.63. The van der Waals surface area contributed by atoms with E-state index in [4.69, 9.17) is 15.3 Å². The van der Waals surface area contributed by atoms with Gasteiger partial charge >= 0.3 is 0 Å². The standard InChI is InChI=1S/C21H22BrFN6O2/c1-30-19-10-15-17(11-20(19)31-8-2-6-28-7-5-25-13-28)26-12-27-21(15)29(24)18-4-3-14(22)9-16(18)23/h3-5,7,9-11,13,26H,2,6,8,12,24H2,1H3. The van der Waals surface area contributed by atoms with Crippen molar-refractivity contribution >= 4 is 33.1 Å². The summed E-state index contributed by atoms with van der Waals surface area (Å²) < 4.78 is 28.6. The normalized spacial score (nSPS) is 12.6. The molecule has 8 nitrogen and oxygen atoms in total. The third-order valence-corrected chi connectivity index (χ3v) is 5.31. The van der Waals surface area contributed by atoms with Gasteiger partial charge in [0.15, 0.2) is 17.3 Å². The van der Waals surface area contributed by atoms with Crippen molar-refractivity contribution in [3.05, 3.63) is 64.9 Å². The maximum absolute atomic E-state index is 14.4. The van der Waals surface area contributed by atoms with Crippen LogP contribution < -0.4 is 25.6 Å². The van der Waals surface area contributed by atoms with E-state index in [1.165, 1.54) is 11.1 Å². The molecule has 1 aliphatic rings. The largest absolute Gasteiger partial charge is 0.493 e. The zero-order valence-electron chi connectivity index (χ0n) is 16.9. The van der Waals surface area contributed by atoms with Gasteiger partial charge in [0.05, 0.1) is 31.4 Å². The number of amidine groups is 1. The minimum atomic E-state index is -0.454. The first-order chi connectivity index (χ1) is 15.1. The predicted molar refractivity (Wildman–Crippen MR) is 121 cm³/mol. The van der Waals surface area contributed by atoms with Crippen LogP contribution in [0.15, 0.2) is 58.5 Å². The SMILES string of the molecule is COc1cc2c(cc1OCCCn1ccnc1)NCN=C2N(N)c1ccc(Br)cc1F. The molecule has 0 saturated heterocycles. The Labute approximate surface area is 187 Å². The number of aliphatic imine (C=N–C) groups is 1. The van der Waals surface area contributed by atoms with Crippen LogP contribution in [-0.2, 0) is 6.54 Å². The summed E-state index contributed by atoms with van der Waals surface area (Å²) in [5.41, 5.74) is 1.69. The lowest BCUT2D eigenvalue weighted by atomic mass is 10.1. The molecule has 4 rings (SSSR count). The van der Waals surface area contributed by atoms with E-state index in [0.717, 1.165) is 18.7 Å². The topological polar surface area (TPSA) is 89.9 Å². The van der Waals surface area contributed by atoms with Gasteiger partial charge in [0, 0.05) is 35.0 Å². The Bertz CT molecular complexity index is 1090. The number of benzene rings is 2. The van der Waals surface area contributed by atoms with E-state index < -0.39 is 5.82 Å². The molecule has 0 unspecified atom stereocenters. The molecule has 0 bridgehead atoms. The summed E-state index contributed by atoms with van der Waals surface area (Å²) in [6, 6.07) is 8.33. The van der Waals surface area contributed by atoms with Crippen LogP contribution in [0.3, 0.4) is 0 Å². The van der Waals surface area contributed by atoms with Crippen LogP contribution in [0.2, 0.25) is 0 Å². The van der Waals surface area contributed by atoms with E-state index in [2.05, 4.69) is 31.2 Å². The molecule has 0 atom stereocenters. The average Bonchev–Trinajstić information content (AvgIpc) is 3.29. The third kappa shape index (κ3) is 4.64. The summed E-state index contributed by atoms with van der Waals surface area (Å²) in [4.78, 5) is 8.47. The molecule has 3 aromatic rings. The molecular weight excluding hydrogens is 467 g/mol. The first kappa shape index (κ1) is 21.1. The molecule has 1 aliphatic heterocycles. The van der Waals surface area contributed by atoms with Gasteiger partial charge in [-0.15, -0.1) is 0 Å². The summed E-state index contributed by atoms with van der Waals surface area (Å²) in [5.74, 6) is 7.38. The highest BCUT2D eigenvalue weighted by molar-refractivity contribution is 9.10. The van der Waals surface area contributed by atoms with Crippen LogP contribution in [-0.4, -0.2) is 35.8 Å². The van der Waals surface area contributed by atoms with E-state index in [0.29, 0.717) is 40.6 Å². The molecule has 3 N–H and O–H groups in total. The van der Waals surface area contributed by atoms with E-state index in [1.54, 1.807) is 37.8 Å². The fraction of sp³-hybridized carbons (Fsp3) is 0.238. The minimum absolute atomic E-state index is 0.216. The first-order valence-corrected chi connectivity index (χ1v) is 10.5. The number of imidazole rings is 1. The predicted octanol–water partition coefficient (Wildman–Crippen LogP) is 3.77. The van der Waals surface area contributed by atoms with Gasteiger partial charge in [0.2, 0.25) is 0 Å². The number of halogens is 2. The zero-order chi connectivity index (χ0) is 21.8. The van der Waals surface area contributed by atoms with E-state index >= 15 is 0 Å². The van der Waals surface area contributed by atoms with Crippen molar-refractivity contribution < 1.29 is 13.9 Å². The van der Waals surface area contributed by atoms with Crippen molar-refractivity contribution in [3.63, 3.8) is 0 Å². The van der Waals surface area contributed by atoms with Crippen LogP contribution in [0.1, 0.15) is 12.0 Å². The van der Waals surface area contributed by atoms with E-state index in [-0.39, 0.29) is 5.69 Å². The maximum atomic E-state index is 14.4. The summed E-state index contributed by atoms with van der Waals surface area (Å²) in [6.07, 6.45) is 6.25. The minimum Gasteiger partial charge on any atom is -0.493 e. The number of hydrogen-bond donors (Lipinski definition) is 2. The highest BCUT2D eigenvalue weighted by Gasteiger charge is 2.24. The number of ether oxygens (including phenoxy) is 2. The number of anilines is 2. The monoisotopic (exact) mass is 488 g/mol. The smallest absolute Gasteiger partial charge is 0.163 e. The molecule has 31 heavy (non-hydrogen) atoms. The van der Waals surface area contributed by atoms with Gasteiger partial charge in [-0.25, -0.2) is 20.2 Å². The van der Waals surface area contributed by atoms with Gasteiger partial charge in [0.1, 0.15) is 12.5 Å². The number of aromatic nitrogens is 2. The van der Waals surface area contributed by atoms with E-state index in [1.807, 2.05) is 16.8 Å². The Hall–Kier alpha value is -3.11. The summed E-state index contributed by atoms with van der Waals surface area (Å²) >= 11 is 3.26. The number of nitrogens with zero attached hydrogens (tertiary/aromatic N) is 4. The molecule has 1 aromatic heterocycles. The zero-order valence-corrected chi connectivity index (χ0v) is 18.5. The van der Waals surface area contributed by atoms with Crippen molar-refractivity contribution in [2.24, 2.45) is 10.8 Å². The average molecular weight is 489 g/mol. The van der Waals surface area contributed by atoms with Crippen LogP contribution in [0.5, 0.6) is 11.5 Å². The number of methoxy groups -OCH3 is 1. The third-order valence-electron chi connectivity index (χ3n) is 4.82. The second-order valence-electron chi connectivity index (χ2n) is 6.83. The molecule has 10 heteroatoms. The van der Waals surface area contributed by atoms with Gasteiger partial charge in [-0.3, -0.25) is 5.01 Å². The van der Waals surface area contributed by atoms with Crippen molar-refractivity contribution in [3.8, 4) is 11.5 Å². The lowest BCUT2D eigenvalue weighted by Crippen LogP contribution is -2.41. The van der Waals surface area contributed by atoms with Crippen LogP contribution >= 0.6 is 15.9 Å². The molecule has 0 saturated carbocycles. The molecule has 162 valence electrons. The number of nitrogens with one attached hydrogen (secondary N) is 1. The molecule has 0 radical (unpaired) electrons. The lowest BCUT2D eigenvalue weighted by molar-refractivity contribution is 0.283. The molecule has 2 aromatic carbocycles. The Morgan fingerprint density at radius 3 is 2.90 bits per heavy atom. The Kier molecular flexibility index (Phi) is 6.38. The first-order valence-electron chi connectivity index (χ1n) is 9.66. The second kappa shape index (κ2) is 9.36. The van der Waals surface area contributed by atoms with Gasteiger partial charge in [0.25, 0.3) is 0 Å². The van der Waals surface area contributed by atoms with Crippen molar-refractivity contribution in [2.75, 3.05) is 30.7 Å². The fourth-order valence-corrected chi connectivity index (χ4v) is 3.63. The quantitative estimate of drug-likeness (QED) is 0.299. The molecule has 0 fully saturated rings. The Morgan fingerprint density at radius 2 is 2.16 bits per heavy atom. The number of hydrazine groups is 1. The summed E-state index contributed by atoms with van der Waals surface area (Å²) in [5, 5.41) is 4.45. The number of aryl methyl sites for hydroxylation is 1. The highest BCUT2D eigenvalue weighted by Crippen LogP contribution is 2.36. The number of fused-ring (bicyclic) bond motifs is 1. The molecule has 0 spiro atoms. The van der Waals surface area contributed by atoms with Gasteiger partial charge in [-0.05, 0) is 30.7 Å². The lowest BCUT2D eigenvalue weighted by Gasteiger charge is -2.27. The molecular formula is C21H22BrFN6O2. The van der Waals surface area contributed by atoms with Crippen LogP contribution in [0, 0.1) is 5.82 Å². The van der Waals surface area contributed by atoms with Crippen molar-refractivity contribution in [1.29, 1.82) is 0 Å². The number of hydrogen-bond acceptors (Lipinski definition) is 7. The number of nitrogens with two attached hydrogens (primary N) is 1. The van der Waals surface area contributed by atoms with Gasteiger partial charge < -0.3 is 19.4 Å². The second-order valence-corrected chi connectivity index (χ2v) is 7.75. The van der Waals surface area contributed by atoms with Crippen LogP contribution in [0.25, 0.3) is 0 Å².